The second-order valence-electron chi connectivity index (χ2n) is 4.06. The Kier molecular flexibility index (Phi) is 3.57. The van der Waals surface area contributed by atoms with Gasteiger partial charge in [0, 0.05) is 17.8 Å². The average Bonchev–Trinajstić information content (AvgIpc) is 2.29. The van der Waals surface area contributed by atoms with Gasteiger partial charge in [-0.3, -0.25) is 0 Å². The number of anilines is 3. The van der Waals surface area contributed by atoms with E-state index in [1.807, 2.05) is 0 Å². The summed E-state index contributed by atoms with van der Waals surface area (Å²) in [6, 6.07) is 4.22. The molecule has 19 heavy (non-hydrogen) atoms. The largest absolute Gasteiger partial charge is 0.398 e. The Morgan fingerprint density at radius 3 is 2.21 bits per heavy atom. The Balaban J connectivity index is 2.45. The number of nitrogen functional groups attached to an aromatic ring is 1. The molecule has 2 aromatic carbocycles. The molecule has 0 atom stereocenters. The number of aryl methyl sites for hydroxylation is 1. The van der Waals surface area contributed by atoms with E-state index in [9.17, 15) is 13.2 Å². The number of nitrogens with one attached hydrogen (secondary N) is 1. The lowest BCUT2D eigenvalue weighted by Crippen LogP contribution is -2.01. The first kappa shape index (κ1) is 13.5. The van der Waals surface area contributed by atoms with E-state index in [2.05, 4.69) is 5.32 Å². The van der Waals surface area contributed by atoms with Gasteiger partial charge < -0.3 is 11.1 Å². The van der Waals surface area contributed by atoms with E-state index >= 15 is 0 Å². The zero-order chi connectivity index (χ0) is 14.2. The predicted octanol–water partition coefficient (Wildman–Crippen LogP) is 4.39. The van der Waals surface area contributed by atoms with Crippen LogP contribution in [0, 0.1) is 24.4 Å². The van der Waals surface area contributed by atoms with Crippen molar-refractivity contribution in [1.82, 2.24) is 0 Å². The van der Waals surface area contributed by atoms with E-state index in [-0.39, 0.29) is 5.02 Å². The molecular formula is C13H10ClF3N2. The fourth-order valence-electron chi connectivity index (χ4n) is 1.63. The third-order valence-electron chi connectivity index (χ3n) is 2.61. The minimum absolute atomic E-state index is 0.260. The third kappa shape index (κ3) is 2.76. The maximum Gasteiger partial charge on any atom is 0.152 e. The van der Waals surface area contributed by atoms with Crippen LogP contribution in [-0.4, -0.2) is 0 Å². The van der Waals surface area contributed by atoms with E-state index in [1.54, 1.807) is 13.0 Å². The Bertz CT molecular complexity index is 621. The van der Waals surface area contributed by atoms with E-state index < -0.39 is 23.1 Å². The highest BCUT2D eigenvalue weighted by Crippen LogP contribution is 2.31. The molecule has 0 heterocycles. The van der Waals surface area contributed by atoms with Crippen LogP contribution < -0.4 is 11.1 Å². The maximum atomic E-state index is 13.5. The molecule has 0 saturated heterocycles. The van der Waals surface area contributed by atoms with Crippen molar-refractivity contribution in [1.29, 1.82) is 0 Å². The van der Waals surface area contributed by atoms with E-state index in [0.29, 0.717) is 29.1 Å². The van der Waals surface area contributed by atoms with E-state index in [0.717, 1.165) is 0 Å². The molecule has 0 aromatic heterocycles. The van der Waals surface area contributed by atoms with Crippen molar-refractivity contribution in [2.75, 3.05) is 11.1 Å². The van der Waals surface area contributed by atoms with E-state index in [1.165, 1.54) is 6.07 Å². The molecule has 0 aliphatic carbocycles. The van der Waals surface area contributed by atoms with E-state index in [4.69, 9.17) is 17.3 Å². The number of rotatable bonds is 2. The van der Waals surface area contributed by atoms with Gasteiger partial charge in [0.2, 0.25) is 0 Å². The topological polar surface area (TPSA) is 38.0 Å². The minimum Gasteiger partial charge on any atom is -0.398 e. The SMILES string of the molecule is Cc1cc(N)c(Cl)cc1Nc1c(F)cc(F)cc1F. The molecule has 0 spiro atoms. The van der Waals surface area contributed by atoms with Gasteiger partial charge in [0.05, 0.1) is 10.7 Å². The zero-order valence-electron chi connectivity index (χ0n) is 9.90. The fraction of sp³-hybridized carbons (Fsp3) is 0.0769. The number of hydrogen-bond donors (Lipinski definition) is 2. The van der Waals surface area contributed by atoms with Crippen LogP contribution in [-0.2, 0) is 0 Å². The van der Waals surface area contributed by atoms with Gasteiger partial charge in [0.15, 0.2) is 11.6 Å². The lowest BCUT2D eigenvalue weighted by atomic mass is 10.1. The molecule has 0 bridgehead atoms. The second kappa shape index (κ2) is 5.01. The average molecular weight is 287 g/mol. The number of hydrogen-bond acceptors (Lipinski definition) is 2. The van der Waals surface area contributed by atoms with Gasteiger partial charge >= 0.3 is 0 Å². The van der Waals surface area contributed by atoms with Gasteiger partial charge in [-0.1, -0.05) is 11.6 Å². The molecular weight excluding hydrogens is 277 g/mol. The summed E-state index contributed by atoms with van der Waals surface area (Å²) in [7, 11) is 0. The van der Waals surface area contributed by atoms with Crippen LogP contribution in [0.1, 0.15) is 5.56 Å². The van der Waals surface area contributed by atoms with Crippen LogP contribution in [0.2, 0.25) is 5.02 Å². The summed E-state index contributed by atoms with van der Waals surface area (Å²) in [5.74, 6) is -3.03. The Hall–Kier alpha value is -1.88. The van der Waals surface area contributed by atoms with Crippen molar-refractivity contribution in [2.24, 2.45) is 0 Å². The monoisotopic (exact) mass is 286 g/mol. The summed E-state index contributed by atoms with van der Waals surface area (Å²) < 4.78 is 39.8. The van der Waals surface area contributed by atoms with Gasteiger partial charge in [0.25, 0.3) is 0 Å². The quantitative estimate of drug-likeness (QED) is 0.804. The van der Waals surface area contributed by atoms with Crippen molar-refractivity contribution in [2.45, 2.75) is 6.92 Å². The van der Waals surface area contributed by atoms with Crippen molar-refractivity contribution in [3.8, 4) is 0 Å². The zero-order valence-corrected chi connectivity index (χ0v) is 10.7. The molecule has 0 aliphatic rings. The predicted molar refractivity (Wildman–Crippen MR) is 70.2 cm³/mol. The number of nitrogens with two attached hydrogens (primary N) is 1. The summed E-state index contributed by atoms with van der Waals surface area (Å²) in [6.45, 7) is 1.70. The number of halogens is 4. The molecule has 0 saturated carbocycles. The lowest BCUT2D eigenvalue weighted by Gasteiger charge is -2.13. The van der Waals surface area contributed by atoms with Crippen molar-refractivity contribution < 1.29 is 13.2 Å². The van der Waals surface area contributed by atoms with Crippen LogP contribution in [0.3, 0.4) is 0 Å². The van der Waals surface area contributed by atoms with Gasteiger partial charge in [-0.05, 0) is 24.6 Å². The molecule has 0 unspecified atom stereocenters. The third-order valence-corrected chi connectivity index (χ3v) is 2.94. The fourth-order valence-corrected chi connectivity index (χ4v) is 1.80. The van der Waals surface area contributed by atoms with Gasteiger partial charge in [-0.15, -0.1) is 0 Å². The standard InChI is InChI=1S/C13H10ClF3N2/c1-6-2-11(18)8(14)5-12(6)19-13-9(16)3-7(15)4-10(13)17/h2-5,19H,18H2,1H3. The molecule has 0 fully saturated rings. The van der Waals surface area contributed by atoms with Crippen LogP contribution >= 0.6 is 11.6 Å². The highest BCUT2D eigenvalue weighted by atomic mass is 35.5. The Labute approximate surface area is 113 Å². The highest BCUT2D eigenvalue weighted by Gasteiger charge is 2.13. The Morgan fingerprint density at radius 2 is 1.63 bits per heavy atom. The summed E-state index contributed by atoms with van der Waals surface area (Å²) in [5.41, 5.74) is 6.58. The molecule has 3 N–H and O–H groups in total. The molecule has 6 heteroatoms. The molecule has 0 radical (unpaired) electrons. The van der Waals surface area contributed by atoms with Crippen LogP contribution in [0.4, 0.5) is 30.2 Å². The first-order valence-corrected chi connectivity index (χ1v) is 5.73. The molecule has 0 amide bonds. The minimum atomic E-state index is -1.02. The van der Waals surface area contributed by atoms with Crippen molar-refractivity contribution >= 4 is 28.7 Å². The molecule has 2 aromatic rings. The summed E-state index contributed by atoms with van der Waals surface area (Å²) in [4.78, 5) is 0. The summed E-state index contributed by atoms with van der Waals surface area (Å²) >= 11 is 5.84. The highest BCUT2D eigenvalue weighted by molar-refractivity contribution is 6.33. The van der Waals surface area contributed by atoms with Crippen molar-refractivity contribution in [3.63, 3.8) is 0 Å². The Morgan fingerprint density at radius 1 is 1.05 bits per heavy atom. The molecule has 2 rings (SSSR count). The van der Waals surface area contributed by atoms with Gasteiger partial charge in [-0.25, -0.2) is 13.2 Å². The summed E-state index contributed by atoms with van der Waals surface area (Å²) in [6.07, 6.45) is 0. The van der Waals surface area contributed by atoms with Crippen LogP contribution in [0.5, 0.6) is 0 Å². The molecule has 0 aliphatic heterocycles. The summed E-state index contributed by atoms with van der Waals surface area (Å²) in [5, 5.41) is 2.81. The van der Waals surface area contributed by atoms with Crippen LogP contribution in [0.15, 0.2) is 24.3 Å². The second-order valence-corrected chi connectivity index (χ2v) is 4.47. The van der Waals surface area contributed by atoms with Gasteiger partial charge in [-0.2, -0.15) is 0 Å². The number of benzene rings is 2. The maximum absolute atomic E-state index is 13.5. The van der Waals surface area contributed by atoms with Crippen molar-refractivity contribution in [3.05, 3.63) is 52.3 Å². The normalized spacial score (nSPS) is 10.6. The van der Waals surface area contributed by atoms with Crippen LogP contribution in [0.25, 0.3) is 0 Å². The first-order valence-electron chi connectivity index (χ1n) is 5.35. The van der Waals surface area contributed by atoms with Gasteiger partial charge in [0.1, 0.15) is 11.5 Å². The molecule has 2 nitrogen and oxygen atoms in total. The first-order chi connectivity index (χ1) is 8.88. The smallest absolute Gasteiger partial charge is 0.152 e. The lowest BCUT2D eigenvalue weighted by molar-refractivity contribution is 0.549. The molecule has 100 valence electrons.